The Bertz CT molecular complexity index is 2960. The van der Waals surface area contributed by atoms with Crippen molar-refractivity contribution in [2.45, 2.75) is 129 Å². The molecule has 0 spiro atoms. The number of aromatic nitrogens is 8. The van der Waals surface area contributed by atoms with Gasteiger partial charge in [0.2, 0.25) is 29.5 Å². The molecule has 9 rings (SSSR count). The number of thiophene rings is 1. The molecule has 392 valence electrons. The van der Waals surface area contributed by atoms with Crippen LogP contribution in [0.1, 0.15) is 119 Å². The summed E-state index contributed by atoms with van der Waals surface area (Å²) in [6.07, 6.45) is 5.73. The molecule has 0 radical (unpaired) electrons. The number of amides is 2. The van der Waals surface area contributed by atoms with E-state index in [1.165, 1.54) is 20.9 Å². The van der Waals surface area contributed by atoms with E-state index in [4.69, 9.17) is 25.0 Å². The Kier molecular flexibility index (Phi) is 15.8. The molecule has 0 saturated carbocycles. The molecule has 5 N–H and O–H groups in total. The van der Waals surface area contributed by atoms with Crippen molar-refractivity contribution in [3.63, 3.8) is 0 Å². The van der Waals surface area contributed by atoms with Crippen LogP contribution in [0.2, 0.25) is 0 Å². The summed E-state index contributed by atoms with van der Waals surface area (Å²) < 4.78 is 13.5. The number of nitrogens with one attached hydrogen (secondary N) is 1. The van der Waals surface area contributed by atoms with Gasteiger partial charge in [0.15, 0.2) is 0 Å². The standard InChI is InChI=1S/C52H66N14O6S2/c1-29(2)43(49(70)65-26-35(67)23-38(65)48(69)58-42(44(68)30(3)4)33-12-14-34(15-13-33)45-32(6)56-28-73-45)66-27-40(60-62-66)71-22-10-20-63-19-9-21-64(31(5)25-63)51-55-18-16-37(57-51)47-59-50(72-61-47)52(7)17-8-11-39-41(52)36(24-53)46(54)74-39/h12-16,18,27-31,35,38,42-44,67-68H,8-11,17,19-23,25-26,54H2,1-7H3,(H,58,69)/t31-,35+,38-,42+,43-,44+,52-/m0/s1. The number of hydrogen-bond acceptors (Lipinski definition) is 19. The molecule has 20 nitrogen and oxygen atoms in total. The highest BCUT2D eigenvalue weighted by Crippen LogP contribution is 2.48. The Morgan fingerprint density at radius 2 is 1.88 bits per heavy atom. The molecular weight excluding hydrogens is 981 g/mol. The van der Waals surface area contributed by atoms with Crippen LogP contribution in [0.4, 0.5) is 10.9 Å². The van der Waals surface area contributed by atoms with Gasteiger partial charge >= 0.3 is 0 Å². The van der Waals surface area contributed by atoms with Gasteiger partial charge in [0, 0.05) is 55.3 Å². The molecule has 2 fully saturated rings. The molecule has 6 aromatic rings. The van der Waals surface area contributed by atoms with Crippen LogP contribution in [-0.4, -0.2) is 136 Å². The van der Waals surface area contributed by atoms with E-state index in [1.54, 1.807) is 35.3 Å². The van der Waals surface area contributed by atoms with Crippen molar-refractivity contribution in [1.29, 1.82) is 5.26 Å². The maximum atomic E-state index is 14.5. The molecule has 0 bridgehead atoms. The number of anilines is 2. The maximum absolute atomic E-state index is 14.5. The number of hydrogen-bond donors (Lipinski definition) is 4. The molecule has 74 heavy (non-hydrogen) atoms. The molecule has 7 atom stereocenters. The highest BCUT2D eigenvalue weighted by Gasteiger charge is 2.45. The van der Waals surface area contributed by atoms with Crippen LogP contribution in [0.15, 0.2) is 52.8 Å². The Hall–Kier alpha value is -6.38. The number of benzene rings is 1. The summed E-state index contributed by atoms with van der Waals surface area (Å²) in [5.41, 5.74) is 12.0. The number of nitrogen functional groups attached to an aromatic ring is 1. The van der Waals surface area contributed by atoms with Crippen molar-refractivity contribution in [1.82, 2.24) is 55.2 Å². The summed E-state index contributed by atoms with van der Waals surface area (Å²) in [4.78, 5) is 55.6. The number of β-amino-alcohol motifs (C(OH)–C–C–N with tert-alkyl or cyclic N) is 1. The van der Waals surface area contributed by atoms with Gasteiger partial charge in [-0.1, -0.05) is 67.4 Å². The smallest absolute Gasteiger partial charge is 0.253 e. The lowest BCUT2D eigenvalue weighted by Gasteiger charge is -2.32. The van der Waals surface area contributed by atoms with E-state index in [-0.39, 0.29) is 42.6 Å². The zero-order valence-corrected chi connectivity index (χ0v) is 44.6. The molecular formula is C52H66N14O6S2. The second kappa shape index (κ2) is 22.2. The fourth-order valence-corrected chi connectivity index (χ4v) is 12.8. The van der Waals surface area contributed by atoms with Crippen molar-refractivity contribution in [2.75, 3.05) is 50.0 Å². The lowest BCUT2D eigenvalue weighted by Crippen LogP contribution is -2.51. The number of rotatable bonds is 17. The molecule has 1 aliphatic carbocycles. The summed E-state index contributed by atoms with van der Waals surface area (Å²) in [6.45, 7) is 17.3. The second-order valence-electron chi connectivity index (χ2n) is 20.7. The van der Waals surface area contributed by atoms with Crippen molar-refractivity contribution in [3.05, 3.63) is 81.4 Å². The van der Waals surface area contributed by atoms with Crippen LogP contribution in [0.5, 0.6) is 5.88 Å². The average molecular weight is 1050 g/mol. The SMILES string of the molecule is Cc1ncsc1-c1ccc([C@@H](NC(=O)[C@@H]2C[C@@H](O)CN2C(=O)[C@H](C(C)C)n2cc(OCCCN3CCCN(c4nccc(-c5noc([C@@]6(C)CCCc7sc(N)c(C#N)c76)n5)n4)[C@@H](C)C3)nn2)[C@H](O)C(C)C)cc1. The van der Waals surface area contributed by atoms with Gasteiger partial charge in [-0.3, -0.25) is 9.59 Å². The van der Waals surface area contributed by atoms with E-state index in [0.29, 0.717) is 40.5 Å². The predicted octanol–water partition coefficient (Wildman–Crippen LogP) is 6.11. The number of likely N-dealkylation sites (tertiary alicyclic amines) is 1. The summed E-state index contributed by atoms with van der Waals surface area (Å²) in [7, 11) is 0. The summed E-state index contributed by atoms with van der Waals surface area (Å²) >= 11 is 3.02. The predicted molar refractivity (Wildman–Crippen MR) is 280 cm³/mol. The number of aryl methyl sites for hydroxylation is 2. The van der Waals surface area contributed by atoms with Gasteiger partial charge in [-0.05, 0) is 88.4 Å². The first-order valence-corrected chi connectivity index (χ1v) is 27.2. The zero-order chi connectivity index (χ0) is 52.4. The highest BCUT2D eigenvalue weighted by atomic mass is 32.1. The van der Waals surface area contributed by atoms with Gasteiger partial charge in [0.25, 0.3) is 5.88 Å². The lowest BCUT2D eigenvalue weighted by molar-refractivity contribution is -0.143. The zero-order valence-electron chi connectivity index (χ0n) is 43.0. The van der Waals surface area contributed by atoms with Crippen molar-refractivity contribution < 1.29 is 29.1 Å². The maximum Gasteiger partial charge on any atom is 0.253 e. The van der Waals surface area contributed by atoms with Gasteiger partial charge in [0.05, 0.1) is 58.1 Å². The number of nitriles is 1. The van der Waals surface area contributed by atoms with Crippen molar-refractivity contribution in [2.24, 2.45) is 11.8 Å². The topological polar surface area (TPSA) is 264 Å². The molecule has 2 aliphatic heterocycles. The molecule has 2 saturated heterocycles. The van der Waals surface area contributed by atoms with E-state index in [9.17, 15) is 25.1 Å². The van der Waals surface area contributed by atoms with Crippen LogP contribution < -0.4 is 20.7 Å². The molecule has 2 amide bonds. The Morgan fingerprint density at radius 1 is 1.08 bits per heavy atom. The number of ether oxygens (including phenoxy) is 1. The van der Waals surface area contributed by atoms with Crippen molar-refractivity contribution >= 4 is 45.4 Å². The Balaban J connectivity index is 0.787. The normalized spacial score (nSPS) is 21.6. The number of fused-ring (bicyclic) bond motifs is 1. The fourth-order valence-electron chi connectivity index (χ4n) is 10.7. The van der Waals surface area contributed by atoms with E-state index in [0.717, 1.165) is 90.4 Å². The Labute approximate surface area is 439 Å². The first kappa shape index (κ1) is 52.5. The van der Waals surface area contributed by atoms with Gasteiger partial charge in [-0.25, -0.2) is 19.6 Å². The molecule has 5 aromatic heterocycles. The van der Waals surface area contributed by atoms with E-state index < -0.39 is 41.7 Å². The highest BCUT2D eigenvalue weighted by molar-refractivity contribution is 7.16. The van der Waals surface area contributed by atoms with E-state index in [2.05, 4.69) is 53.5 Å². The fraction of sp³-hybridized carbons (Fsp3) is 0.538. The summed E-state index contributed by atoms with van der Waals surface area (Å²) in [5, 5.41) is 48.7. The largest absolute Gasteiger partial charge is 0.475 e. The number of aliphatic hydroxyl groups is 2. The molecule has 1 aromatic carbocycles. The van der Waals surface area contributed by atoms with Gasteiger partial charge in [-0.15, -0.1) is 22.7 Å². The van der Waals surface area contributed by atoms with Crippen LogP contribution in [0.3, 0.4) is 0 Å². The van der Waals surface area contributed by atoms with E-state index >= 15 is 0 Å². The van der Waals surface area contributed by atoms with Crippen LogP contribution in [0, 0.1) is 30.1 Å². The first-order valence-electron chi connectivity index (χ1n) is 25.5. The summed E-state index contributed by atoms with van der Waals surface area (Å²) in [6, 6.07) is 9.35. The molecule has 0 unspecified atom stereocenters. The van der Waals surface area contributed by atoms with Crippen LogP contribution in [-0.2, 0) is 21.4 Å². The number of carbonyl (C=O) groups is 2. The summed E-state index contributed by atoms with van der Waals surface area (Å²) in [5.74, 6) is 0.421. The van der Waals surface area contributed by atoms with Gasteiger partial charge < -0.3 is 45.2 Å². The molecule has 3 aliphatic rings. The number of thiazole rings is 1. The number of nitrogens with zero attached hydrogens (tertiary/aromatic N) is 12. The third kappa shape index (κ3) is 10.8. The first-order chi connectivity index (χ1) is 35.5. The second-order valence-corrected chi connectivity index (χ2v) is 22.7. The van der Waals surface area contributed by atoms with E-state index in [1.807, 2.05) is 65.8 Å². The van der Waals surface area contributed by atoms with Crippen LogP contribution in [0.25, 0.3) is 22.0 Å². The third-order valence-electron chi connectivity index (χ3n) is 14.7. The monoisotopic (exact) mass is 1050 g/mol. The van der Waals surface area contributed by atoms with Crippen molar-refractivity contribution in [3.8, 4) is 33.9 Å². The lowest BCUT2D eigenvalue weighted by atomic mass is 9.72. The average Bonchev–Trinajstić information content (AvgIpc) is 4.25. The minimum absolute atomic E-state index is 0.0222. The molecule has 7 heterocycles. The quantitative estimate of drug-likeness (QED) is 0.0751. The minimum Gasteiger partial charge on any atom is -0.475 e. The Morgan fingerprint density at radius 3 is 2.61 bits per heavy atom. The van der Waals surface area contributed by atoms with Gasteiger partial charge in [0.1, 0.15) is 28.8 Å². The molecule has 22 heteroatoms. The number of aliphatic hydroxyl groups excluding tert-OH is 2. The van der Waals surface area contributed by atoms with Crippen LogP contribution >= 0.6 is 22.7 Å². The third-order valence-corrected chi connectivity index (χ3v) is 16.8. The van der Waals surface area contributed by atoms with Gasteiger partial charge in [-0.2, -0.15) is 10.2 Å². The minimum atomic E-state index is -0.969. The number of nitrogens with two attached hydrogens (primary N) is 1. The number of carbonyl (C=O) groups excluding carboxylic acids is 2.